The van der Waals surface area contributed by atoms with Crippen molar-refractivity contribution in [3.63, 3.8) is 0 Å². The lowest BCUT2D eigenvalue weighted by Gasteiger charge is -2.16. The van der Waals surface area contributed by atoms with E-state index in [0.717, 1.165) is 17.7 Å². The van der Waals surface area contributed by atoms with Gasteiger partial charge in [-0.2, -0.15) is 0 Å². The molecule has 27 heavy (non-hydrogen) atoms. The van der Waals surface area contributed by atoms with E-state index < -0.39 is 0 Å². The number of nitrogens with one attached hydrogen (secondary N) is 2. The van der Waals surface area contributed by atoms with Gasteiger partial charge in [-0.25, -0.2) is 4.98 Å². The second-order valence-corrected chi connectivity index (χ2v) is 6.17. The maximum atomic E-state index is 5.95. The summed E-state index contributed by atoms with van der Waals surface area (Å²) < 4.78 is 16.6. The van der Waals surface area contributed by atoms with Gasteiger partial charge in [0, 0.05) is 38.9 Å². The van der Waals surface area contributed by atoms with Gasteiger partial charge in [-0.1, -0.05) is 24.3 Å². The van der Waals surface area contributed by atoms with Crippen LogP contribution in [0.25, 0.3) is 0 Å². The molecule has 0 saturated heterocycles. The molecule has 1 aromatic heterocycles. The maximum absolute atomic E-state index is 5.95. The number of ether oxygens (including phenoxy) is 3. The first-order valence-electron chi connectivity index (χ1n) is 9.05. The lowest BCUT2D eigenvalue weighted by Crippen LogP contribution is -2.42. The molecular formula is C20H26N4O3. The lowest BCUT2D eigenvalue weighted by molar-refractivity contribution is 0.143. The Kier molecular flexibility index (Phi) is 6.87. The fourth-order valence-corrected chi connectivity index (χ4v) is 2.89. The van der Waals surface area contributed by atoms with Gasteiger partial charge in [-0.3, -0.25) is 4.99 Å². The molecule has 0 bridgehead atoms. The predicted molar refractivity (Wildman–Crippen MR) is 104 cm³/mol. The number of para-hydroxylation sites is 1. The van der Waals surface area contributed by atoms with E-state index in [4.69, 9.17) is 14.2 Å². The van der Waals surface area contributed by atoms with Crippen LogP contribution < -0.4 is 20.1 Å². The molecule has 1 aliphatic rings. The third-order valence-electron chi connectivity index (χ3n) is 4.26. The SMILES string of the molecule is CN=C(NCc1cccnc1OCCOC)NCC1Cc2ccccc2O1. The molecule has 0 radical (unpaired) electrons. The molecule has 0 saturated carbocycles. The van der Waals surface area contributed by atoms with Crippen LogP contribution in [0.15, 0.2) is 47.6 Å². The van der Waals surface area contributed by atoms with Crippen molar-refractivity contribution in [3.05, 3.63) is 53.7 Å². The summed E-state index contributed by atoms with van der Waals surface area (Å²) in [6.07, 6.45) is 2.72. The van der Waals surface area contributed by atoms with Crippen molar-refractivity contribution in [2.75, 3.05) is 33.9 Å². The number of aromatic nitrogens is 1. The number of pyridine rings is 1. The molecule has 1 aromatic carbocycles. The fraction of sp³-hybridized carbons (Fsp3) is 0.400. The van der Waals surface area contributed by atoms with Gasteiger partial charge in [0.1, 0.15) is 18.5 Å². The van der Waals surface area contributed by atoms with Gasteiger partial charge in [0.2, 0.25) is 5.88 Å². The molecule has 0 aliphatic carbocycles. The Morgan fingerprint density at radius 1 is 1.22 bits per heavy atom. The Labute approximate surface area is 159 Å². The summed E-state index contributed by atoms with van der Waals surface area (Å²) in [5, 5.41) is 6.61. The standard InChI is InChI=1S/C20H26N4O3/c1-21-20(24-14-17-12-15-6-3-4-8-18(15)27-17)23-13-16-7-5-9-22-19(16)26-11-10-25-2/h3-9,17H,10-14H2,1-2H3,(H2,21,23,24). The van der Waals surface area contributed by atoms with Gasteiger partial charge in [0.15, 0.2) is 5.96 Å². The summed E-state index contributed by atoms with van der Waals surface area (Å²) in [5.74, 6) is 2.29. The summed E-state index contributed by atoms with van der Waals surface area (Å²) in [7, 11) is 3.39. The zero-order chi connectivity index (χ0) is 18.9. The molecule has 3 rings (SSSR count). The number of rotatable bonds is 8. The average molecular weight is 370 g/mol. The van der Waals surface area contributed by atoms with Crippen molar-refractivity contribution in [3.8, 4) is 11.6 Å². The molecule has 0 amide bonds. The van der Waals surface area contributed by atoms with E-state index in [2.05, 4.69) is 26.7 Å². The number of benzene rings is 1. The van der Waals surface area contributed by atoms with Crippen LogP contribution in [0, 0.1) is 0 Å². The van der Waals surface area contributed by atoms with E-state index in [-0.39, 0.29) is 6.10 Å². The van der Waals surface area contributed by atoms with E-state index in [9.17, 15) is 0 Å². The van der Waals surface area contributed by atoms with Crippen LogP contribution in [0.3, 0.4) is 0 Å². The third kappa shape index (κ3) is 5.34. The molecule has 144 valence electrons. The predicted octanol–water partition coefficient (Wildman–Crippen LogP) is 1.78. The third-order valence-corrected chi connectivity index (χ3v) is 4.26. The monoisotopic (exact) mass is 370 g/mol. The number of guanidine groups is 1. The van der Waals surface area contributed by atoms with Crippen molar-refractivity contribution in [1.29, 1.82) is 0 Å². The van der Waals surface area contributed by atoms with Crippen LogP contribution in [0.1, 0.15) is 11.1 Å². The topological polar surface area (TPSA) is 77.0 Å². The van der Waals surface area contributed by atoms with Crippen LogP contribution in [0.2, 0.25) is 0 Å². The molecule has 7 heteroatoms. The lowest BCUT2D eigenvalue weighted by atomic mass is 10.1. The Morgan fingerprint density at radius 2 is 2.11 bits per heavy atom. The van der Waals surface area contributed by atoms with E-state index in [0.29, 0.717) is 38.1 Å². The highest BCUT2D eigenvalue weighted by atomic mass is 16.5. The first-order valence-corrected chi connectivity index (χ1v) is 9.05. The summed E-state index contributed by atoms with van der Waals surface area (Å²) in [5.41, 5.74) is 2.21. The molecule has 1 atom stereocenters. The first-order chi connectivity index (χ1) is 13.3. The quantitative estimate of drug-likeness (QED) is 0.419. The Balaban J connectivity index is 1.47. The minimum Gasteiger partial charge on any atom is -0.488 e. The van der Waals surface area contributed by atoms with Crippen LogP contribution in [-0.2, 0) is 17.7 Å². The number of nitrogens with zero attached hydrogens (tertiary/aromatic N) is 2. The first kappa shape index (κ1) is 19.0. The van der Waals surface area contributed by atoms with Gasteiger partial charge in [0.05, 0.1) is 13.2 Å². The highest BCUT2D eigenvalue weighted by molar-refractivity contribution is 5.79. The second-order valence-electron chi connectivity index (χ2n) is 6.17. The Morgan fingerprint density at radius 3 is 2.93 bits per heavy atom. The highest BCUT2D eigenvalue weighted by Gasteiger charge is 2.22. The number of hydrogen-bond donors (Lipinski definition) is 2. The smallest absolute Gasteiger partial charge is 0.218 e. The summed E-state index contributed by atoms with van der Waals surface area (Å²) in [6.45, 7) is 2.23. The van der Waals surface area contributed by atoms with Crippen LogP contribution >= 0.6 is 0 Å². The minimum absolute atomic E-state index is 0.104. The highest BCUT2D eigenvalue weighted by Crippen LogP contribution is 2.27. The zero-order valence-corrected chi connectivity index (χ0v) is 15.8. The molecule has 1 unspecified atom stereocenters. The molecular weight excluding hydrogens is 344 g/mol. The molecule has 1 aliphatic heterocycles. The Hall–Kier alpha value is -2.80. The number of hydrogen-bond acceptors (Lipinski definition) is 5. The van der Waals surface area contributed by atoms with E-state index in [1.54, 1.807) is 20.4 Å². The largest absolute Gasteiger partial charge is 0.488 e. The van der Waals surface area contributed by atoms with Crippen LogP contribution in [0.5, 0.6) is 11.6 Å². The van der Waals surface area contributed by atoms with Crippen molar-refractivity contribution < 1.29 is 14.2 Å². The Bertz CT molecular complexity index is 741. The minimum atomic E-state index is 0.104. The normalized spacial score (nSPS) is 15.8. The summed E-state index contributed by atoms with van der Waals surface area (Å²) >= 11 is 0. The number of aliphatic imine (C=N–C) groups is 1. The van der Waals surface area contributed by atoms with E-state index >= 15 is 0 Å². The zero-order valence-electron chi connectivity index (χ0n) is 15.8. The summed E-state index contributed by atoms with van der Waals surface area (Å²) in [6, 6.07) is 12.0. The molecule has 2 aromatic rings. The van der Waals surface area contributed by atoms with Crippen molar-refractivity contribution >= 4 is 5.96 Å². The molecule has 7 nitrogen and oxygen atoms in total. The number of methoxy groups -OCH3 is 1. The number of fused-ring (bicyclic) bond motifs is 1. The fourth-order valence-electron chi connectivity index (χ4n) is 2.89. The second kappa shape index (κ2) is 9.78. The van der Waals surface area contributed by atoms with Gasteiger partial charge in [-0.15, -0.1) is 0 Å². The molecule has 2 N–H and O–H groups in total. The maximum Gasteiger partial charge on any atom is 0.218 e. The summed E-state index contributed by atoms with van der Waals surface area (Å²) in [4.78, 5) is 8.56. The van der Waals surface area contributed by atoms with Gasteiger partial charge in [0.25, 0.3) is 0 Å². The molecule has 0 spiro atoms. The van der Waals surface area contributed by atoms with Crippen LogP contribution in [0.4, 0.5) is 0 Å². The van der Waals surface area contributed by atoms with Gasteiger partial charge >= 0.3 is 0 Å². The van der Waals surface area contributed by atoms with Crippen LogP contribution in [-0.4, -0.2) is 51.0 Å². The van der Waals surface area contributed by atoms with Crippen molar-refractivity contribution in [1.82, 2.24) is 15.6 Å². The van der Waals surface area contributed by atoms with E-state index in [1.807, 2.05) is 30.3 Å². The van der Waals surface area contributed by atoms with Crippen molar-refractivity contribution in [2.45, 2.75) is 19.1 Å². The van der Waals surface area contributed by atoms with Gasteiger partial charge < -0.3 is 24.8 Å². The van der Waals surface area contributed by atoms with E-state index in [1.165, 1.54) is 5.56 Å². The molecule has 0 fully saturated rings. The average Bonchev–Trinajstić information content (AvgIpc) is 3.12. The van der Waals surface area contributed by atoms with Gasteiger partial charge in [-0.05, 0) is 17.7 Å². The van der Waals surface area contributed by atoms with Crippen molar-refractivity contribution in [2.24, 2.45) is 4.99 Å². The molecule has 2 heterocycles.